The highest BCUT2D eigenvalue weighted by molar-refractivity contribution is 5.35. The Labute approximate surface area is 102 Å². The molecule has 17 heavy (non-hydrogen) atoms. The number of nitrogens with one attached hydrogen (secondary N) is 1. The molecule has 0 aliphatic rings. The van der Waals surface area contributed by atoms with Crippen LogP contribution in [-0.2, 0) is 6.54 Å². The normalized spacial score (nSPS) is 11.1. The summed E-state index contributed by atoms with van der Waals surface area (Å²) in [5.74, 6) is 0. The summed E-state index contributed by atoms with van der Waals surface area (Å²) in [6.45, 7) is 7.05. The van der Waals surface area contributed by atoms with Gasteiger partial charge in [0.15, 0.2) is 0 Å². The molecule has 2 aromatic heterocycles. The van der Waals surface area contributed by atoms with Crippen LogP contribution in [0.2, 0.25) is 0 Å². The van der Waals surface area contributed by atoms with Crippen molar-refractivity contribution in [2.24, 2.45) is 0 Å². The number of aryl methyl sites for hydroxylation is 1. The van der Waals surface area contributed by atoms with Gasteiger partial charge in [-0.15, -0.1) is 0 Å². The second kappa shape index (κ2) is 5.10. The van der Waals surface area contributed by atoms with E-state index in [9.17, 15) is 0 Å². The number of pyridine rings is 1. The number of imidazole rings is 1. The first-order valence-corrected chi connectivity index (χ1v) is 5.85. The van der Waals surface area contributed by atoms with Gasteiger partial charge < -0.3 is 9.88 Å². The smallest absolute Gasteiger partial charge is 0.0996 e. The van der Waals surface area contributed by atoms with Gasteiger partial charge in [0.2, 0.25) is 0 Å². The van der Waals surface area contributed by atoms with Gasteiger partial charge in [-0.05, 0) is 19.1 Å². The van der Waals surface area contributed by atoms with Crippen LogP contribution < -0.4 is 5.32 Å². The van der Waals surface area contributed by atoms with Crippen LogP contribution >= 0.6 is 0 Å². The first-order valence-electron chi connectivity index (χ1n) is 5.85. The molecule has 2 heterocycles. The van der Waals surface area contributed by atoms with E-state index in [-0.39, 0.29) is 0 Å². The molecule has 0 aliphatic heterocycles. The van der Waals surface area contributed by atoms with Crippen molar-refractivity contribution in [3.8, 4) is 5.69 Å². The number of rotatable bonds is 4. The molecule has 0 radical (unpaired) electrons. The van der Waals surface area contributed by atoms with Gasteiger partial charge >= 0.3 is 0 Å². The summed E-state index contributed by atoms with van der Waals surface area (Å²) in [5, 5.41) is 3.35. The van der Waals surface area contributed by atoms with Crippen molar-refractivity contribution in [3.05, 3.63) is 42.2 Å². The van der Waals surface area contributed by atoms with Gasteiger partial charge in [-0.2, -0.15) is 0 Å². The molecule has 0 unspecified atom stereocenters. The van der Waals surface area contributed by atoms with Crippen LogP contribution in [-0.4, -0.2) is 20.6 Å². The van der Waals surface area contributed by atoms with Crippen LogP contribution in [0.3, 0.4) is 0 Å². The van der Waals surface area contributed by atoms with Crippen LogP contribution in [0.4, 0.5) is 0 Å². The molecule has 0 atom stereocenters. The lowest BCUT2D eigenvalue weighted by molar-refractivity contribution is 0.582. The van der Waals surface area contributed by atoms with Gasteiger partial charge in [-0.25, -0.2) is 4.98 Å². The average molecular weight is 230 g/mol. The van der Waals surface area contributed by atoms with Gasteiger partial charge in [0, 0.05) is 25.0 Å². The largest absolute Gasteiger partial charge is 0.309 e. The topological polar surface area (TPSA) is 42.7 Å². The van der Waals surface area contributed by atoms with Gasteiger partial charge in [-0.3, -0.25) is 4.98 Å². The Bertz CT molecular complexity index is 488. The van der Waals surface area contributed by atoms with E-state index in [1.165, 1.54) is 0 Å². The van der Waals surface area contributed by atoms with Crippen molar-refractivity contribution in [2.45, 2.75) is 33.4 Å². The van der Waals surface area contributed by atoms with Gasteiger partial charge in [0.1, 0.15) is 0 Å². The van der Waals surface area contributed by atoms with Crippen LogP contribution in [0.25, 0.3) is 5.69 Å². The fourth-order valence-corrected chi connectivity index (χ4v) is 1.64. The van der Waals surface area contributed by atoms with Crippen molar-refractivity contribution in [1.82, 2.24) is 19.9 Å². The third-order valence-corrected chi connectivity index (χ3v) is 2.58. The molecule has 4 heteroatoms. The van der Waals surface area contributed by atoms with Crippen molar-refractivity contribution in [2.75, 3.05) is 0 Å². The molecule has 0 amide bonds. The average Bonchev–Trinajstić information content (AvgIpc) is 2.75. The second-order valence-corrected chi connectivity index (χ2v) is 4.42. The minimum absolute atomic E-state index is 0.472. The Balaban J connectivity index is 2.16. The van der Waals surface area contributed by atoms with Crippen molar-refractivity contribution >= 4 is 0 Å². The molecule has 0 spiro atoms. The van der Waals surface area contributed by atoms with E-state index in [2.05, 4.69) is 29.1 Å². The van der Waals surface area contributed by atoms with Gasteiger partial charge in [0.05, 0.1) is 23.4 Å². The Hall–Kier alpha value is -1.68. The predicted molar refractivity (Wildman–Crippen MR) is 68.1 cm³/mol. The molecule has 4 nitrogen and oxygen atoms in total. The Kier molecular flexibility index (Phi) is 3.54. The van der Waals surface area contributed by atoms with E-state index >= 15 is 0 Å². The standard InChI is InChI=1S/C13H18N4/c1-10(2)15-7-12-8-17(9-16-12)13-5-4-6-14-11(13)3/h4-6,8-10,15H,7H2,1-3H3. The first kappa shape index (κ1) is 11.8. The predicted octanol–water partition coefficient (Wildman–Crippen LogP) is 2.07. The molecule has 0 saturated heterocycles. The lowest BCUT2D eigenvalue weighted by Crippen LogP contribution is -2.21. The van der Waals surface area contributed by atoms with Crippen LogP contribution in [0.1, 0.15) is 25.2 Å². The summed E-state index contributed by atoms with van der Waals surface area (Å²) < 4.78 is 2.01. The fraction of sp³-hybridized carbons (Fsp3) is 0.385. The zero-order valence-electron chi connectivity index (χ0n) is 10.5. The lowest BCUT2D eigenvalue weighted by atomic mass is 10.3. The summed E-state index contributed by atoms with van der Waals surface area (Å²) in [6, 6.07) is 4.46. The highest BCUT2D eigenvalue weighted by atomic mass is 15.1. The molecular weight excluding hydrogens is 212 g/mol. The molecular formula is C13H18N4. The van der Waals surface area contributed by atoms with Crippen LogP contribution in [0.15, 0.2) is 30.9 Å². The Morgan fingerprint density at radius 2 is 2.18 bits per heavy atom. The van der Waals surface area contributed by atoms with E-state index < -0.39 is 0 Å². The molecule has 2 aromatic rings. The molecule has 0 aliphatic carbocycles. The van der Waals surface area contributed by atoms with E-state index in [0.29, 0.717) is 6.04 Å². The van der Waals surface area contributed by atoms with Gasteiger partial charge in [-0.1, -0.05) is 13.8 Å². The molecule has 0 fully saturated rings. The number of nitrogens with zero attached hydrogens (tertiary/aromatic N) is 3. The summed E-state index contributed by atoms with van der Waals surface area (Å²) in [4.78, 5) is 8.65. The quantitative estimate of drug-likeness (QED) is 0.874. The summed E-state index contributed by atoms with van der Waals surface area (Å²) >= 11 is 0. The zero-order valence-corrected chi connectivity index (χ0v) is 10.5. The zero-order chi connectivity index (χ0) is 12.3. The molecule has 1 N–H and O–H groups in total. The highest BCUT2D eigenvalue weighted by Gasteiger charge is 2.04. The SMILES string of the molecule is Cc1ncccc1-n1cnc(CNC(C)C)c1. The monoisotopic (exact) mass is 230 g/mol. The van der Waals surface area contributed by atoms with Crippen molar-refractivity contribution in [1.29, 1.82) is 0 Å². The second-order valence-electron chi connectivity index (χ2n) is 4.42. The first-order chi connectivity index (χ1) is 8.16. The minimum atomic E-state index is 0.472. The van der Waals surface area contributed by atoms with Crippen molar-refractivity contribution in [3.63, 3.8) is 0 Å². The number of aromatic nitrogens is 3. The van der Waals surface area contributed by atoms with E-state index in [1.807, 2.05) is 36.1 Å². The van der Waals surface area contributed by atoms with E-state index in [4.69, 9.17) is 0 Å². The van der Waals surface area contributed by atoms with Gasteiger partial charge in [0.25, 0.3) is 0 Å². The maximum atomic E-state index is 4.38. The summed E-state index contributed by atoms with van der Waals surface area (Å²) in [6.07, 6.45) is 5.68. The number of hydrogen-bond donors (Lipinski definition) is 1. The maximum absolute atomic E-state index is 4.38. The highest BCUT2D eigenvalue weighted by Crippen LogP contribution is 2.11. The van der Waals surface area contributed by atoms with Crippen LogP contribution in [0.5, 0.6) is 0 Å². The van der Waals surface area contributed by atoms with E-state index in [1.54, 1.807) is 6.20 Å². The minimum Gasteiger partial charge on any atom is -0.309 e. The third kappa shape index (κ3) is 2.91. The third-order valence-electron chi connectivity index (χ3n) is 2.58. The summed E-state index contributed by atoms with van der Waals surface area (Å²) in [7, 11) is 0. The molecule has 0 saturated carbocycles. The molecule has 0 aromatic carbocycles. The summed E-state index contributed by atoms with van der Waals surface area (Å²) in [5.41, 5.74) is 3.13. The van der Waals surface area contributed by atoms with Crippen LogP contribution in [0, 0.1) is 6.92 Å². The Morgan fingerprint density at radius 3 is 2.88 bits per heavy atom. The molecule has 90 valence electrons. The molecule has 2 rings (SSSR count). The Morgan fingerprint density at radius 1 is 1.35 bits per heavy atom. The number of hydrogen-bond acceptors (Lipinski definition) is 3. The maximum Gasteiger partial charge on any atom is 0.0996 e. The molecule has 0 bridgehead atoms. The van der Waals surface area contributed by atoms with E-state index in [0.717, 1.165) is 23.6 Å². The fourth-order valence-electron chi connectivity index (χ4n) is 1.64. The lowest BCUT2D eigenvalue weighted by Gasteiger charge is -2.05. The van der Waals surface area contributed by atoms with Crippen molar-refractivity contribution < 1.29 is 0 Å².